The molecule has 0 aliphatic rings. The van der Waals surface area contributed by atoms with Gasteiger partial charge in [-0.2, -0.15) is 0 Å². The highest BCUT2D eigenvalue weighted by Gasteiger charge is 2.06. The Bertz CT molecular complexity index is 342. The second kappa shape index (κ2) is 10.2. The quantitative estimate of drug-likeness (QED) is 0.832. The number of amides is 1. The smallest absolute Gasteiger partial charge is 0.221 e. The van der Waals surface area contributed by atoms with Crippen LogP contribution < -0.4 is 11.1 Å². The summed E-state index contributed by atoms with van der Waals surface area (Å²) in [5.41, 5.74) is 5.29. The third-order valence-corrected chi connectivity index (χ3v) is 2.18. The lowest BCUT2D eigenvalue weighted by atomic mass is 10.2. The Morgan fingerprint density at radius 1 is 1.50 bits per heavy atom. The Balaban J connectivity index is 0. The normalized spacial score (nSPS) is 9.56. The average Bonchev–Trinajstić information content (AvgIpc) is 2.62. The fourth-order valence-electron chi connectivity index (χ4n) is 1.46. The molecule has 0 fully saturated rings. The number of carbonyl (C=O) groups excluding carboxylic acids is 1. The number of hydrogen-bond acceptors (Lipinski definition) is 3. The van der Waals surface area contributed by atoms with Crippen LogP contribution in [0.15, 0.2) is 12.4 Å². The van der Waals surface area contributed by atoms with Gasteiger partial charge >= 0.3 is 0 Å². The van der Waals surface area contributed by atoms with Gasteiger partial charge in [-0.25, -0.2) is 4.98 Å². The summed E-state index contributed by atoms with van der Waals surface area (Å²) in [4.78, 5) is 15.5. The monoisotopic (exact) mass is 296 g/mol. The highest BCUT2D eigenvalue weighted by molar-refractivity contribution is 5.85. The molecular formula is C11H22Cl2N4O. The van der Waals surface area contributed by atoms with Gasteiger partial charge < -0.3 is 15.6 Å². The molecule has 0 spiro atoms. The van der Waals surface area contributed by atoms with E-state index < -0.39 is 0 Å². The number of rotatable bonds is 6. The molecule has 0 aliphatic heterocycles. The van der Waals surface area contributed by atoms with Crippen LogP contribution in [0.1, 0.15) is 26.1 Å². The van der Waals surface area contributed by atoms with E-state index in [0.717, 1.165) is 12.4 Å². The molecule has 1 amide bonds. The van der Waals surface area contributed by atoms with E-state index in [9.17, 15) is 4.79 Å². The molecule has 0 atom stereocenters. The maximum atomic E-state index is 11.2. The van der Waals surface area contributed by atoms with Gasteiger partial charge in [0.25, 0.3) is 0 Å². The lowest BCUT2D eigenvalue weighted by Crippen LogP contribution is -2.26. The lowest BCUT2D eigenvalue weighted by Gasteiger charge is -2.10. The van der Waals surface area contributed by atoms with Crippen LogP contribution >= 0.6 is 24.8 Å². The number of nitrogens with zero attached hydrogens (tertiary/aromatic N) is 2. The van der Waals surface area contributed by atoms with Crippen LogP contribution in [0.2, 0.25) is 0 Å². The number of nitrogens with one attached hydrogen (secondary N) is 1. The molecule has 0 unspecified atom stereocenters. The maximum Gasteiger partial charge on any atom is 0.221 e. The van der Waals surface area contributed by atoms with Crippen molar-refractivity contribution in [3.8, 4) is 0 Å². The number of aromatic nitrogens is 2. The van der Waals surface area contributed by atoms with Crippen LogP contribution in [-0.2, 0) is 17.9 Å². The highest BCUT2D eigenvalue weighted by Crippen LogP contribution is 2.03. The zero-order valence-electron chi connectivity index (χ0n) is 10.8. The third-order valence-electron chi connectivity index (χ3n) is 2.18. The molecule has 0 aliphatic carbocycles. The van der Waals surface area contributed by atoms with Crippen molar-refractivity contribution in [2.24, 2.45) is 11.7 Å². The molecule has 0 bridgehead atoms. The summed E-state index contributed by atoms with van der Waals surface area (Å²) in [7, 11) is 0. The molecule has 0 radical (unpaired) electrons. The molecular weight excluding hydrogens is 275 g/mol. The summed E-state index contributed by atoms with van der Waals surface area (Å²) in [6, 6.07) is 0. The SMILES string of the molecule is CC(C)Cn1ccnc1CNC(=O)CCN.Cl.Cl. The number of halogens is 2. The number of nitrogens with two attached hydrogens (primary N) is 1. The number of imidazole rings is 1. The number of hydrogen-bond donors (Lipinski definition) is 2. The van der Waals surface area contributed by atoms with E-state index in [2.05, 4.69) is 28.7 Å². The van der Waals surface area contributed by atoms with E-state index in [0.29, 0.717) is 25.4 Å². The van der Waals surface area contributed by atoms with Crippen LogP contribution in [0, 0.1) is 5.92 Å². The van der Waals surface area contributed by atoms with Gasteiger partial charge in [0.05, 0.1) is 6.54 Å². The molecule has 0 saturated heterocycles. The Morgan fingerprint density at radius 3 is 2.72 bits per heavy atom. The van der Waals surface area contributed by atoms with Gasteiger partial charge in [-0.1, -0.05) is 13.8 Å². The van der Waals surface area contributed by atoms with Gasteiger partial charge in [0.2, 0.25) is 5.91 Å². The minimum atomic E-state index is -0.0263. The van der Waals surface area contributed by atoms with Gasteiger partial charge in [-0.05, 0) is 5.92 Å². The molecule has 18 heavy (non-hydrogen) atoms. The van der Waals surface area contributed by atoms with Crippen molar-refractivity contribution < 1.29 is 4.79 Å². The van der Waals surface area contributed by atoms with E-state index in [4.69, 9.17) is 5.73 Å². The zero-order chi connectivity index (χ0) is 12.0. The molecule has 5 nitrogen and oxygen atoms in total. The molecule has 1 rings (SSSR count). The largest absolute Gasteiger partial charge is 0.349 e. The van der Waals surface area contributed by atoms with Gasteiger partial charge in [-0.3, -0.25) is 4.79 Å². The fourth-order valence-corrected chi connectivity index (χ4v) is 1.46. The zero-order valence-corrected chi connectivity index (χ0v) is 12.4. The van der Waals surface area contributed by atoms with Crippen LogP contribution in [0.25, 0.3) is 0 Å². The van der Waals surface area contributed by atoms with E-state index in [1.165, 1.54) is 0 Å². The summed E-state index contributed by atoms with van der Waals surface area (Å²) in [6.07, 6.45) is 4.06. The second-order valence-corrected chi connectivity index (χ2v) is 4.21. The Kier molecular flexibility index (Phi) is 11.1. The molecule has 3 N–H and O–H groups in total. The van der Waals surface area contributed by atoms with Crippen molar-refractivity contribution >= 4 is 30.7 Å². The van der Waals surface area contributed by atoms with Gasteiger partial charge in [-0.15, -0.1) is 24.8 Å². The Labute approximate surface area is 120 Å². The first-order chi connectivity index (χ1) is 7.63. The maximum absolute atomic E-state index is 11.2. The molecule has 0 aromatic carbocycles. The van der Waals surface area contributed by atoms with Crippen molar-refractivity contribution in [2.75, 3.05) is 6.54 Å². The molecule has 7 heteroatoms. The van der Waals surface area contributed by atoms with Crippen molar-refractivity contribution in [3.05, 3.63) is 18.2 Å². The summed E-state index contributed by atoms with van der Waals surface area (Å²) in [5.74, 6) is 1.42. The highest BCUT2D eigenvalue weighted by atomic mass is 35.5. The van der Waals surface area contributed by atoms with E-state index in [1.807, 2.05) is 6.20 Å². The third kappa shape index (κ3) is 6.83. The van der Waals surface area contributed by atoms with Crippen LogP contribution in [0.5, 0.6) is 0 Å². The van der Waals surface area contributed by atoms with Gasteiger partial charge in [0.15, 0.2) is 0 Å². The van der Waals surface area contributed by atoms with E-state index >= 15 is 0 Å². The first kappa shape index (κ1) is 19.6. The molecule has 106 valence electrons. The standard InChI is InChI=1S/C11H20N4O.2ClH/c1-9(2)8-15-6-5-13-10(15)7-14-11(16)3-4-12;;/h5-6,9H,3-4,7-8,12H2,1-2H3,(H,14,16);2*1H. The van der Waals surface area contributed by atoms with Crippen molar-refractivity contribution in [1.29, 1.82) is 0 Å². The van der Waals surface area contributed by atoms with Crippen LogP contribution in [0.3, 0.4) is 0 Å². The van der Waals surface area contributed by atoms with Gasteiger partial charge in [0.1, 0.15) is 5.82 Å². The summed E-state index contributed by atoms with van der Waals surface area (Å²) >= 11 is 0. The fraction of sp³-hybridized carbons (Fsp3) is 0.636. The minimum Gasteiger partial charge on any atom is -0.349 e. The van der Waals surface area contributed by atoms with E-state index in [-0.39, 0.29) is 30.7 Å². The minimum absolute atomic E-state index is 0. The average molecular weight is 297 g/mol. The topological polar surface area (TPSA) is 72.9 Å². The molecule has 1 aromatic rings. The molecule has 1 heterocycles. The van der Waals surface area contributed by atoms with Crippen molar-refractivity contribution in [1.82, 2.24) is 14.9 Å². The summed E-state index contributed by atoms with van der Waals surface area (Å²) < 4.78 is 2.06. The number of carbonyl (C=O) groups is 1. The van der Waals surface area contributed by atoms with Crippen LogP contribution in [-0.4, -0.2) is 22.0 Å². The van der Waals surface area contributed by atoms with Gasteiger partial charge in [0, 0.05) is 31.9 Å². The predicted octanol–water partition coefficient (Wildman–Crippen LogP) is 1.35. The Hall–Kier alpha value is -0.780. The Morgan fingerprint density at radius 2 is 2.17 bits per heavy atom. The first-order valence-electron chi connectivity index (χ1n) is 5.60. The molecule has 1 aromatic heterocycles. The predicted molar refractivity (Wildman–Crippen MR) is 77.1 cm³/mol. The van der Waals surface area contributed by atoms with E-state index in [1.54, 1.807) is 6.20 Å². The summed E-state index contributed by atoms with van der Waals surface area (Å²) in [5, 5.41) is 2.80. The van der Waals surface area contributed by atoms with Crippen molar-refractivity contribution in [3.63, 3.8) is 0 Å². The first-order valence-corrected chi connectivity index (χ1v) is 5.60. The summed E-state index contributed by atoms with van der Waals surface area (Å²) in [6.45, 7) is 6.07. The molecule has 0 saturated carbocycles. The van der Waals surface area contributed by atoms with Crippen molar-refractivity contribution in [2.45, 2.75) is 33.4 Å². The second-order valence-electron chi connectivity index (χ2n) is 4.21. The van der Waals surface area contributed by atoms with Crippen LogP contribution in [0.4, 0.5) is 0 Å². The lowest BCUT2D eigenvalue weighted by molar-refractivity contribution is -0.121.